The zero-order valence-corrected chi connectivity index (χ0v) is 6.51. The molecule has 0 saturated carbocycles. The van der Waals surface area contributed by atoms with E-state index >= 15 is 0 Å². The van der Waals surface area contributed by atoms with Crippen LogP contribution >= 0.6 is 0 Å². The molecule has 4 nitrogen and oxygen atoms in total. The molecule has 0 aromatic heterocycles. The first-order valence-corrected chi connectivity index (χ1v) is 4.06. The molecular weight excluding hydrogens is 164 g/mol. The van der Waals surface area contributed by atoms with Gasteiger partial charge >= 0.3 is 0 Å². The monoisotopic (exact) mass is 172 g/mol. The highest BCUT2D eigenvalue weighted by molar-refractivity contribution is 7.73. The molecule has 1 unspecified atom stereocenters. The Bertz CT molecular complexity index is 343. The third-order valence-electron chi connectivity index (χ3n) is 1.36. The molecule has 0 aromatic carbocycles. The van der Waals surface area contributed by atoms with Gasteiger partial charge in [-0.3, -0.25) is 0 Å². The summed E-state index contributed by atoms with van der Waals surface area (Å²) in [4.78, 5) is 0.0625. The molecule has 0 radical (unpaired) electrons. The average molecular weight is 172 g/mol. The predicted molar refractivity (Wildman–Crippen MR) is 43.3 cm³/mol. The van der Waals surface area contributed by atoms with Crippen LogP contribution in [0, 0.1) is 0 Å². The second-order valence-electron chi connectivity index (χ2n) is 2.13. The fraction of sp³-hybridized carbons (Fsp3) is 0.167. The van der Waals surface area contributed by atoms with E-state index in [9.17, 15) is 8.42 Å². The summed E-state index contributed by atoms with van der Waals surface area (Å²) < 4.78 is 21.0. The molecule has 0 amide bonds. The Labute approximate surface area is 65.7 Å². The fourth-order valence-electron chi connectivity index (χ4n) is 0.848. The van der Waals surface area contributed by atoms with Gasteiger partial charge in [-0.1, -0.05) is 12.2 Å². The van der Waals surface area contributed by atoms with Gasteiger partial charge in [0.2, 0.25) is 10.3 Å². The SMILES string of the molecule is NC1=CC=CC(N)C1=S(=O)=O. The van der Waals surface area contributed by atoms with E-state index in [2.05, 4.69) is 0 Å². The lowest BCUT2D eigenvalue weighted by atomic mass is 10.1. The molecule has 0 heterocycles. The lowest BCUT2D eigenvalue weighted by molar-refractivity contribution is 0.626. The Kier molecular flexibility index (Phi) is 2.11. The molecule has 0 aliphatic heterocycles. The number of hydrogen-bond donors (Lipinski definition) is 2. The van der Waals surface area contributed by atoms with Gasteiger partial charge in [0, 0.05) is 0 Å². The molecule has 1 rings (SSSR count). The summed E-state index contributed by atoms with van der Waals surface area (Å²) >= 11 is 0. The van der Waals surface area contributed by atoms with E-state index in [0.29, 0.717) is 0 Å². The fourth-order valence-corrected chi connectivity index (χ4v) is 1.41. The van der Waals surface area contributed by atoms with Crippen LogP contribution in [0.5, 0.6) is 0 Å². The molecule has 0 bridgehead atoms. The van der Waals surface area contributed by atoms with Gasteiger partial charge in [0.05, 0.1) is 11.7 Å². The van der Waals surface area contributed by atoms with Crippen LogP contribution in [0.3, 0.4) is 0 Å². The van der Waals surface area contributed by atoms with Crippen LogP contribution in [0.1, 0.15) is 0 Å². The summed E-state index contributed by atoms with van der Waals surface area (Å²) in [6, 6.07) is -0.599. The molecular formula is C6H8N2O2S. The van der Waals surface area contributed by atoms with E-state index in [0.717, 1.165) is 0 Å². The van der Waals surface area contributed by atoms with Crippen molar-refractivity contribution >= 4 is 15.2 Å². The van der Waals surface area contributed by atoms with Crippen molar-refractivity contribution in [1.82, 2.24) is 0 Å². The Balaban J connectivity index is 3.28. The predicted octanol–water partition coefficient (Wildman–Crippen LogP) is -1.22. The highest BCUT2D eigenvalue weighted by Gasteiger charge is 2.14. The van der Waals surface area contributed by atoms with Gasteiger partial charge < -0.3 is 11.5 Å². The summed E-state index contributed by atoms with van der Waals surface area (Å²) in [6.07, 6.45) is 4.71. The van der Waals surface area contributed by atoms with E-state index in [-0.39, 0.29) is 10.6 Å². The molecule has 60 valence electrons. The second-order valence-corrected chi connectivity index (χ2v) is 3.04. The maximum absolute atomic E-state index is 10.5. The maximum Gasteiger partial charge on any atom is 0.221 e. The zero-order chi connectivity index (χ0) is 8.43. The van der Waals surface area contributed by atoms with E-state index in [1.807, 2.05) is 0 Å². The molecule has 1 aliphatic carbocycles. The molecule has 0 spiro atoms. The van der Waals surface area contributed by atoms with Crippen LogP contribution in [0.15, 0.2) is 23.9 Å². The first-order valence-electron chi connectivity index (χ1n) is 2.99. The summed E-state index contributed by atoms with van der Waals surface area (Å²) in [6.45, 7) is 0. The summed E-state index contributed by atoms with van der Waals surface area (Å²) in [5.74, 6) is 0. The van der Waals surface area contributed by atoms with Crippen molar-refractivity contribution in [1.29, 1.82) is 0 Å². The third-order valence-corrected chi connectivity index (χ3v) is 2.23. The van der Waals surface area contributed by atoms with Gasteiger partial charge in [-0.2, -0.15) is 8.42 Å². The van der Waals surface area contributed by atoms with Crippen LogP contribution in [-0.2, 0) is 10.3 Å². The van der Waals surface area contributed by atoms with Gasteiger partial charge in [0.25, 0.3) is 0 Å². The molecule has 1 aliphatic rings. The maximum atomic E-state index is 10.5. The summed E-state index contributed by atoms with van der Waals surface area (Å²) in [5.41, 5.74) is 11.0. The minimum atomic E-state index is -2.32. The quantitative estimate of drug-likeness (QED) is 0.448. The van der Waals surface area contributed by atoms with Gasteiger partial charge in [0.1, 0.15) is 4.86 Å². The molecule has 4 N–H and O–H groups in total. The molecule has 5 heteroatoms. The van der Waals surface area contributed by atoms with Gasteiger partial charge in [-0.15, -0.1) is 0 Å². The second kappa shape index (κ2) is 2.89. The van der Waals surface area contributed by atoms with Crippen molar-refractivity contribution in [3.05, 3.63) is 23.9 Å². The van der Waals surface area contributed by atoms with Gasteiger partial charge in [-0.25, -0.2) is 0 Å². The average Bonchev–Trinajstić information content (AvgIpc) is 1.85. The highest BCUT2D eigenvalue weighted by atomic mass is 32.2. The summed E-state index contributed by atoms with van der Waals surface area (Å²) in [7, 11) is -2.32. The Hall–Kier alpha value is -1.07. The van der Waals surface area contributed by atoms with Crippen molar-refractivity contribution in [3.8, 4) is 0 Å². The zero-order valence-electron chi connectivity index (χ0n) is 5.69. The normalized spacial score (nSPS) is 23.2. The Morgan fingerprint density at radius 3 is 2.45 bits per heavy atom. The number of allylic oxidation sites excluding steroid dienone is 2. The minimum Gasteiger partial charge on any atom is -0.398 e. The lowest BCUT2D eigenvalue weighted by Gasteiger charge is -2.10. The van der Waals surface area contributed by atoms with Gasteiger partial charge in [-0.05, 0) is 6.08 Å². The lowest BCUT2D eigenvalue weighted by Crippen LogP contribution is -2.34. The number of nitrogens with two attached hydrogens (primary N) is 2. The molecule has 0 saturated heterocycles. The number of rotatable bonds is 0. The topological polar surface area (TPSA) is 86.2 Å². The van der Waals surface area contributed by atoms with Crippen LogP contribution in [0.4, 0.5) is 0 Å². The van der Waals surface area contributed by atoms with Crippen molar-refractivity contribution in [2.45, 2.75) is 6.04 Å². The van der Waals surface area contributed by atoms with Gasteiger partial charge in [0.15, 0.2) is 0 Å². The smallest absolute Gasteiger partial charge is 0.221 e. The van der Waals surface area contributed by atoms with E-state index in [4.69, 9.17) is 11.5 Å². The van der Waals surface area contributed by atoms with Crippen LogP contribution < -0.4 is 11.5 Å². The molecule has 0 fully saturated rings. The van der Waals surface area contributed by atoms with Crippen LogP contribution in [-0.4, -0.2) is 19.3 Å². The molecule has 0 aromatic rings. The van der Waals surface area contributed by atoms with Crippen LogP contribution in [0.25, 0.3) is 0 Å². The summed E-state index contributed by atoms with van der Waals surface area (Å²) in [5, 5.41) is 0. The first-order chi connectivity index (χ1) is 5.13. The number of hydrogen-bond acceptors (Lipinski definition) is 4. The van der Waals surface area contributed by atoms with Crippen molar-refractivity contribution in [2.24, 2.45) is 11.5 Å². The Morgan fingerprint density at radius 1 is 1.45 bits per heavy atom. The van der Waals surface area contributed by atoms with E-state index in [1.54, 1.807) is 12.2 Å². The molecule has 11 heavy (non-hydrogen) atoms. The standard InChI is InChI=1S/C6H8N2O2S/c7-4-2-1-3-5(8)6(4)11(9)10/h1-4H,7-8H2. The van der Waals surface area contributed by atoms with Crippen molar-refractivity contribution in [3.63, 3.8) is 0 Å². The van der Waals surface area contributed by atoms with Crippen molar-refractivity contribution < 1.29 is 8.42 Å². The first kappa shape index (κ1) is 8.03. The van der Waals surface area contributed by atoms with E-state index < -0.39 is 16.3 Å². The largest absolute Gasteiger partial charge is 0.398 e. The molecule has 1 atom stereocenters. The minimum absolute atomic E-state index is 0.0625. The van der Waals surface area contributed by atoms with Crippen LogP contribution in [0.2, 0.25) is 0 Å². The Morgan fingerprint density at radius 2 is 2.09 bits per heavy atom. The van der Waals surface area contributed by atoms with E-state index in [1.165, 1.54) is 6.08 Å². The third kappa shape index (κ3) is 1.50. The highest BCUT2D eigenvalue weighted by Crippen LogP contribution is 2.01. The van der Waals surface area contributed by atoms with Crippen molar-refractivity contribution in [2.75, 3.05) is 0 Å².